The van der Waals surface area contributed by atoms with Crippen molar-refractivity contribution in [2.75, 3.05) is 13.1 Å². The summed E-state index contributed by atoms with van der Waals surface area (Å²) in [6, 6.07) is 10.6. The molecule has 1 aliphatic rings. The van der Waals surface area contributed by atoms with Crippen molar-refractivity contribution in [2.45, 2.75) is 32.5 Å². The van der Waals surface area contributed by atoms with E-state index in [1.54, 1.807) is 4.68 Å². The van der Waals surface area contributed by atoms with Gasteiger partial charge in [0, 0.05) is 32.7 Å². The summed E-state index contributed by atoms with van der Waals surface area (Å²) in [5, 5.41) is 9.95. The van der Waals surface area contributed by atoms with Gasteiger partial charge in [0.1, 0.15) is 12.2 Å². The first kappa shape index (κ1) is 17.4. The normalized spacial score (nSPS) is 21.0. The van der Waals surface area contributed by atoms with Gasteiger partial charge in [0.2, 0.25) is 0 Å². The van der Waals surface area contributed by atoms with Crippen LogP contribution in [0.5, 0.6) is 0 Å². The number of hydrogen-bond donors (Lipinski definition) is 2. The second kappa shape index (κ2) is 8.11. The molecule has 7 nitrogen and oxygen atoms in total. The summed E-state index contributed by atoms with van der Waals surface area (Å²) in [6.07, 6.45) is 2.45. The zero-order valence-electron chi connectivity index (χ0n) is 14.9. The van der Waals surface area contributed by atoms with Gasteiger partial charge >= 0.3 is 6.03 Å². The third kappa shape index (κ3) is 4.79. The Labute approximate surface area is 148 Å². The molecule has 2 unspecified atom stereocenters. The first-order chi connectivity index (χ1) is 12.1. The fraction of sp³-hybridized carbons (Fsp3) is 0.500. The van der Waals surface area contributed by atoms with Crippen molar-refractivity contribution in [2.24, 2.45) is 13.0 Å². The maximum absolute atomic E-state index is 12.1. The largest absolute Gasteiger partial charge is 0.335 e. The van der Waals surface area contributed by atoms with E-state index in [1.165, 1.54) is 11.9 Å². The first-order valence-corrected chi connectivity index (χ1v) is 8.75. The van der Waals surface area contributed by atoms with Crippen molar-refractivity contribution in [3.05, 3.63) is 48.0 Å². The molecule has 1 aromatic heterocycles. The molecule has 25 heavy (non-hydrogen) atoms. The number of hydrogen-bond acceptors (Lipinski definition) is 4. The van der Waals surface area contributed by atoms with E-state index in [-0.39, 0.29) is 12.1 Å². The number of rotatable bonds is 5. The van der Waals surface area contributed by atoms with E-state index in [1.807, 2.05) is 13.1 Å². The van der Waals surface area contributed by atoms with Crippen LogP contribution in [0.25, 0.3) is 0 Å². The zero-order chi connectivity index (χ0) is 17.6. The Kier molecular flexibility index (Phi) is 5.65. The van der Waals surface area contributed by atoms with Gasteiger partial charge in [0.15, 0.2) is 0 Å². The summed E-state index contributed by atoms with van der Waals surface area (Å²) >= 11 is 0. The molecule has 2 heterocycles. The molecule has 1 aromatic carbocycles. The minimum absolute atomic E-state index is 0.142. The highest BCUT2D eigenvalue weighted by molar-refractivity contribution is 5.74. The Hall–Kier alpha value is -2.41. The predicted molar refractivity (Wildman–Crippen MR) is 95.7 cm³/mol. The van der Waals surface area contributed by atoms with E-state index in [0.29, 0.717) is 12.5 Å². The molecule has 0 aliphatic carbocycles. The van der Waals surface area contributed by atoms with Crippen LogP contribution in [-0.4, -0.2) is 44.8 Å². The van der Waals surface area contributed by atoms with Gasteiger partial charge in [-0.3, -0.25) is 9.58 Å². The van der Waals surface area contributed by atoms with E-state index in [4.69, 9.17) is 0 Å². The molecule has 7 heteroatoms. The first-order valence-electron chi connectivity index (χ1n) is 8.75. The molecule has 1 aliphatic heterocycles. The molecule has 2 aromatic rings. The molecular formula is C18H26N6O. The standard InChI is InChI=1S/C18H26N6O/c1-14-11-24(12-15-6-4-3-5-7-15)9-8-16(14)22-18(25)19-10-17-20-13-21-23(17)2/h3-7,13-14,16H,8-12H2,1-2H3,(H2,19,22,25). The fourth-order valence-corrected chi connectivity index (χ4v) is 3.29. The van der Waals surface area contributed by atoms with Crippen LogP contribution >= 0.6 is 0 Å². The van der Waals surface area contributed by atoms with Crippen molar-refractivity contribution >= 4 is 6.03 Å². The highest BCUT2D eigenvalue weighted by Gasteiger charge is 2.27. The lowest BCUT2D eigenvalue weighted by molar-refractivity contribution is 0.142. The number of benzene rings is 1. The number of piperidine rings is 1. The number of nitrogens with one attached hydrogen (secondary N) is 2. The molecule has 2 N–H and O–H groups in total. The van der Waals surface area contributed by atoms with Crippen LogP contribution in [0.15, 0.2) is 36.7 Å². The van der Waals surface area contributed by atoms with Crippen molar-refractivity contribution in [3.63, 3.8) is 0 Å². The Morgan fingerprint density at radius 1 is 1.32 bits per heavy atom. The lowest BCUT2D eigenvalue weighted by atomic mass is 9.93. The molecule has 1 fully saturated rings. The topological polar surface area (TPSA) is 75.1 Å². The Morgan fingerprint density at radius 2 is 2.12 bits per heavy atom. The fourth-order valence-electron chi connectivity index (χ4n) is 3.29. The van der Waals surface area contributed by atoms with Crippen molar-refractivity contribution in [1.29, 1.82) is 0 Å². The number of aromatic nitrogens is 3. The molecule has 134 valence electrons. The van der Waals surface area contributed by atoms with Crippen LogP contribution in [0.3, 0.4) is 0 Å². The average Bonchev–Trinajstić information content (AvgIpc) is 3.01. The van der Waals surface area contributed by atoms with Crippen molar-refractivity contribution < 1.29 is 4.79 Å². The van der Waals surface area contributed by atoms with Crippen LogP contribution < -0.4 is 10.6 Å². The maximum atomic E-state index is 12.1. The molecule has 0 bridgehead atoms. The van der Waals surface area contributed by atoms with E-state index in [0.717, 1.165) is 31.9 Å². The summed E-state index contributed by atoms with van der Waals surface area (Å²) in [5.74, 6) is 1.15. The monoisotopic (exact) mass is 342 g/mol. The molecule has 1 saturated heterocycles. The van der Waals surface area contributed by atoms with Gasteiger partial charge in [-0.2, -0.15) is 5.10 Å². The maximum Gasteiger partial charge on any atom is 0.315 e. The number of urea groups is 1. The van der Waals surface area contributed by atoms with Crippen LogP contribution in [0.1, 0.15) is 24.7 Å². The average molecular weight is 342 g/mol. The molecule has 0 saturated carbocycles. The van der Waals surface area contributed by atoms with Gasteiger partial charge in [-0.25, -0.2) is 9.78 Å². The van der Waals surface area contributed by atoms with E-state index in [2.05, 4.69) is 56.8 Å². The van der Waals surface area contributed by atoms with Gasteiger partial charge in [-0.15, -0.1) is 0 Å². The van der Waals surface area contributed by atoms with Gasteiger partial charge in [0.25, 0.3) is 0 Å². The van der Waals surface area contributed by atoms with Gasteiger partial charge in [-0.05, 0) is 17.9 Å². The van der Waals surface area contributed by atoms with Gasteiger partial charge in [-0.1, -0.05) is 37.3 Å². The Bertz CT molecular complexity index is 686. The summed E-state index contributed by atoms with van der Waals surface area (Å²) in [5.41, 5.74) is 1.34. The summed E-state index contributed by atoms with van der Waals surface area (Å²) in [6.45, 7) is 5.53. The molecule has 2 amide bonds. The number of amides is 2. The Morgan fingerprint density at radius 3 is 2.80 bits per heavy atom. The molecule has 3 rings (SSSR count). The lowest BCUT2D eigenvalue weighted by Crippen LogP contribution is -2.52. The van der Waals surface area contributed by atoms with Crippen LogP contribution in [0, 0.1) is 5.92 Å². The molecular weight excluding hydrogens is 316 g/mol. The van der Waals surface area contributed by atoms with Crippen LogP contribution in [-0.2, 0) is 20.1 Å². The van der Waals surface area contributed by atoms with Crippen LogP contribution in [0.2, 0.25) is 0 Å². The summed E-state index contributed by atoms with van der Waals surface area (Å²) in [7, 11) is 1.81. The van der Waals surface area contributed by atoms with Gasteiger partial charge < -0.3 is 10.6 Å². The predicted octanol–water partition coefficient (Wildman–Crippen LogP) is 1.52. The minimum atomic E-state index is -0.142. The number of likely N-dealkylation sites (tertiary alicyclic amines) is 1. The number of carbonyl (C=O) groups excluding carboxylic acids is 1. The minimum Gasteiger partial charge on any atom is -0.335 e. The number of aryl methyl sites for hydroxylation is 1. The molecule has 0 spiro atoms. The second-order valence-corrected chi connectivity index (χ2v) is 6.72. The summed E-state index contributed by atoms with van der Waals surface area (Å²) < 4.78 is 1.66. The zero-order valence-corrected chi connectivity index (χ0v) is 14.9. The third-order valence-electron chi connectivity index (χ3n) is 4.77. The number of nitrogens with zero attached hydrogens (tertiary/aromatic N) is 4. The Balaban J connectivity index is 1.43. The molecule has 0 radical (unpaired) electrons. The molecule has 2 atom stereocenters. The van der Waals surface area contributed by atoms with E-state index < -0.39 is 0 Å². The highest BCUT2D eigenvalue weighted by Crippen LogP contribution is 2.18. The summed E-state index contributed by atoms with van der Waals surface area (Å²) in [4.78, 5) is 18.7. The lowest BCUT2D eigenvalue weighted by Gasteiger charge is -2.37. The van der Waals surface area contributed by atoms with Gasteiger partial charge in [0.05, 0.1) is 6.54 Å². The number of carbonyl (C=O) groups is 1. The van der Waals surface area contributed by atoms with E-state index in [9.17, 15) is 4.79 Å². The quantitative estimate of drug-likeness (QED) is 0.864. The van der Waals surface area contributed by atoms with Crippen molar-refractivity contribution in [1.82, 2.24) is 30.3 Å². The van der Waals surface area contributed by atoms with E-state index >= 15 is 0 Å². The van der Waals surface area contributed by atoms with Crippen molar-refractivity contribution in [3.8, 4) is 0 Å². The van der Waals surface area contributed by atoms with Crippen LogP contribution in [0.4, 0.5) is 4.79 Å². The SMILES string of the molecule is CC1CN(Cc2ccccc2)CCC1NC(=O)NCc1ncnn1C. The third-order valence-corrected chi connectivity index (χ3v) is 4.77. The second-order valence-electron chi connectivity index (χ2n) is 6.72. The highest BCUT2D eigenvalue weighted by atomic mass is 16.2. The smallest absolute Gasteiger partial charge is 0.315 e.